The second kappa shape index (κ2) is 38.1. The average molecular weight is 646 g/mol. The SMILES string of the molecule is CCCCCCCCCCCCCCCC/C=C/CC/C=C/CC/C=C/C(O)C(CO)NC(=O)CCCCCCCCCCCC. The number of aliphatic hydroxyl groups is 2. The van der Waals surface area contributed by atoms with Gasteiger partial charge in [-0.3, -0.25) is 4.79 Å². The molecule has 0 aromatic rings. The van der Waals surface area contributed by atoms with E-state index in [0.29, 0.717) is 6.42 Å². The van der Waals surface area contributed by atoms with Crippen LogP contribution in [0.2, 0.25) is 0 Å². The van der Waals surface area contributed by atoms with E-state index in [-0.39, 0.29) is 12.5 Å². The summed E-state index contributed by atoms with van der Waals surface area (Å²) in [6.07, 6.45) is 49.7. The van der Waals surface area contributed by atoms with Gasteiger partial charge in [-0.2, -0.15) is 0 Å². The summed E-state index contributed by atoms with van der Waals surface area (Å²) in [6.45, 7) is 4.27. The number of carbonyl (C=O) groups is 1. The van der Waals surface area contributed by atoms with Crippen LogP contribution in [-0.2, 0) is 4.79 Å². The van der Waals surface area contributed by atoms with Crippen LogP contribution in [0.3, 0.4) is 0 Å². The third-order valence-electron chi connectivity index (χ3n) is 9.10. The Morgan fingerprint density at radius 3 is 1.26 bits per heavy atom. The van der Waals surface area contributed by atoms with Crippen molar-refractivity contribution in [1.29, 1.82) is 0 Å². The van der Waals surface area contributed by atoms with Crippen molar-refractivity contribution in [3.05, 3.63) is 36.5 Å². The Labute approximate surface area is 287 Å². The minimum absolute atomic E-state index is 0.0809. The number of unbranched alkanes of at least 4 members (excludes halogenated alkanes) is 25. The number of nitrogens with one attached hydrogen (secondary N) is 1. The van der Waals surface area contributed by atoms with Crippen molar-refractivity contribution >= 4 is 5.91 Å². The van der Waals surface area contributed by atoms with E-state index in [1.807, 2.05) is 6.08 Å². The van der Waals surface area contributed by atoms with Crippen molar-refractivity contribution in [2.45, 2.75) is 219 Å². The first kappa shape index (κ1) is 44.6. The fraction of sp³-hybridized carbons (Fsp3) is 0.833. The molecule has 2 unspecified atom stereocenters. The van der Waals surface area contributed by atoms with Crippen LogP contribution in [0.5, 0.6) is 0 Å². The van der Waals surface area contributed by atoms with Gasteiger partial charge in [0, 0.05) is 6.42 Å². The maximum Gasteiger partial charge on any atom is 0.220 e. The molecule has 270 valence electrons. The topological polar surface area (TPSA) is 69.6 Å². The van der Waals surface area contributed by atoms with Crippen LogP contribution in [-0.4, -0.2) is 34.9 Å². The molecule has 0 saturated carbocycles. The number of hydrogen-bond donors (Lipinski definition) is 3. The molecule has 4 nitrogen and oxygen atoms in total. The standard InChI is InChI=1S/C42H79NO3/c1-3-5-7-9-11-13-15-16-17-18-19-20-21-22-23-24-25-26-27-28-29-31-33-35-37-41(45)40(39-44)43-42(46)38-36-34-32-30-14-12-10-8-6-4-2/h24-25,28-29,35,37,40-41,44-45H,3-23,26-27,30-34,36,38-39H2,1-2H3,(H,43,46)/b25-24+,29-28+,37-35+. The molecule has 0 radical (unpaired) electrons. The summed E-state index contributed by atoms with van der Waals surface area (Å²) >= 11 is 0. The van der Waals surface area contributed by atoms with Gasteiger partial charge in [0.2, 0.25) is 5.91 Å². The van der Waals surface area contributed by atoms with Gasteiger partial charge in [-0.15, -0.1) is 0 Å². The van der Waals surface area contributed by atoms with E-state index in [2.05, 4.69) is 43.5 Å². The number of carbonyl (C=O) groups excluding carboxylic acids is 1. The zero-order valence-electron chi connectivity index (χ0n) is 30.8. The van der Waals surface area contributed by atoms with Crippen LogP contribution < -0.4 is 5.32 Å². The van der Waals surface area contributed by atoms with Crippen molar-refractivity contribution in [3.63, 3.8) is 0 Å². The zero-order chi connectivity index (χ0) is 33.6. The number of amides is 1. The molecule has 1 amide bonds. The highest BCUT2D eigenvalue weighted by Crippen LogP contribution is 2.14. The first-order valence-electron chi connectivity index (χ1n) is 20.2. The molecule has 0 heterocycles. The van der Waals surface area contributed by atoms with Gasteiger partial charge in [0.25, 0.3) is 0 Å². The molecule has 0 spiro atoms. The minimum atomic E-state index is -0.865. The summed E-state index contributed by atoms with van der Waals surface area (Å²) in [5.41, 5.74) is 0. The van der Waals surface area contributed by atoms with Gasteiger partial charge in [0.05, 0.1) is 18.8 Å². The average Bonchev–Trinajstić information content (AvgIpc) is 3.06. The lowest BCUT2D eigenvalue weighted by molar-refractivity contribution is -0.123. The quantitative estimate of drug-likeness (QED) is 0.0469. The smallest absolute Gasteiger partial charge is 0.220 e. The third-order valence-corrected chi connectivity index (χ3v) is 9.10. The molecule has 0 rings (SSSR count). The highest BCUT2D eigenvalue weighted by Gasteiger charge is 2.17. The Morgan fingerprint density at radius 1 is 0.500 bits per heavy atom. The van der Waals surface area contributed by atoms with Crippen molar-refractivity contribution in [2.24, 2.45) is 0 Å². The second-order valence-corrected chi connectivity index (χ2v) is 13.7. The predicted octanol–water partition coefficient (Wildman–Crippen LogP) is 12.2. The molecule has 2 atom stereocenters. The van der Waals surface area contributed by atoms with Crippen molar-refractivity contribution in [2.75, 3.05) is 6.61 Å². The van der Waals surface area contributed by atoms with Crippen LogP contribution in [0.1, 0.15) is 206 Å². The summed E-state index contributed by atoms with van der Waals surface area (Å²) < 4.78 is 0. The molecule has 0 saturated heterocycles. The number of hydrogen-bond acceptors (Lipinski definition) is 3. The summed E-state index contributed by atoms with van der Waals surface area (Å²) in [5, 5.41) is 22.9. The van der Waals surface area contributed by atoms with Crippen LogP contribution in [0.15, 0.2) is 36.5 Å². The largest absolute Gasteiger partial charge is 0.394 e. The van der Waals surface area contributed by atoms with Gasteiger partial charge in [-0.1, -0.05) is 192 Å². The van der Waals surface area contributed by atoms with Crippen molar-refractivity contribution in [3.8, 4) is 0 Å². The van der Waals surface area contributed by atoms with Gasteiger partial charge in [0.1, 0.15) is 0 Å². The second-order valence-electron chi connectivity index (χ2n) is 13.7. The lowest BCUT2D eigenvalue weighted by Crippen LogP contribution is -2.45. The molecular weight excluding hydrogens is 566 g/mol. The van der Waals surface area contributed by atoms with Crippen LogP contribution in [0, 0.1) is 0 Å². The molecule has 4 heteroatoms. The van der Waals surface area contributed by atoms with E-state index >= 15 is 0 Å². The lowest BCUT2D eigenvalue weighted by Gasteiger charge is -2.19. The van der Waals surface area contributed by atoms with E-state index in [0.717, 1.165) is 38.5 Å². The van der Waals surface area contributed by atoms with Gasteiger partial charge in [0.15, 0.2) is 0 Å². The normalized spacial score (nSPS) is 13.4. The van der Waals surface area contributed by atoms with E-state index in [1.165, 1.54) is 148 Å². The maximum atomic E-state index is 12.3. The number of rotatable bonds is 36. The summed E-state index contributed by atoms with van der Waals surface area (Å²) in [6, 6.07) is -0.640. The Bertz CT molecular complexity index is 701. The van der Waals surface area contributed by atoms with Gasteiger partial charge >= 0.3 is 0 Å². The Morgan fingerprint density at radius 2 is 0.848 bits per heavy atom. The van der Waals surface area contributed by atoms with E-state index in [1.54, 1.807) is 6.08 Å². The number of aliphatic hydroxyl groups excluding tert-OH is 2. The monoisotopic (exact) mass is 646 g/mol. The molecule has 0 aliphatic rings. The molecule has 3 N–H and O–H groups in total. The molecule has 46 heavy (non-hydrogen) atoms. The van der Waals surface area contributed by atoms with Crippen LogP contribution >= 0.6 is 0 Å². The Balaban J connectivity index is 3.62. The Hall–Kier alpha value is -1.39. The summed E-state index contributed by atoms with van der Waals surface area (Å²) in [7, 11) is 0. The van der Waals surface area contributed by atoms with E-state index < -0.39 is 12.1 Å². The molecule has 0 aromatic heterocycles. The summed E-state index contributed by atoms with van der Waals surface area (Å²) in [4.78, 5) is 12.3. The number of allylic oxidation sites excluding steroid dienone is 5. The first-order chi connectivity index (χ1) is 22.7. The predicted molar refractivity (Wildman–Crippen MR) is 202 cm³/mol. The van der Waals surface area contributed by atoms with E-state index in [9.17, 15) is 15.0 Å². The fourth-order valence-corrected chi connectivity index (χ4v) is 5.97. The molecule has 0 bridgehead atoms. The van der Waals surface area contributed by atoms with Crippen LogP contribution in [0.25, 0.3) is 0 Å². The van der Waals surface area contributed by atoms with Gasteiger partial charge < -0.3 is 15.5 Å². The highest BCUT2D eigenvalue weighted by molar-refractivity contribution is 5.76. The third kappa shape index (κ3) is 34.0. The molecule has 0 aliphatic carbocycles. The summed E-state index contributed by atoms with van der Waals surface area (Å²) in [5.74, 6) is -0.0809. The lowest BCUT2D eigenvalue weighted by atomic mass is 10.0. The van der Waals surface area contributed by atoms with E-state index in [4.69, 9.17) is 0 Å². The first-order valence-corrected chi connectivity index (χ1v) is 20.2. The minimum Gasteiger partial charge on any atom is -0.394 e. The van der Waals surface area contributed by atoms with Crippen molar-refractivity contribution < 1.29 is 15.0 Å². The maximum absolute atomic E-state index is 12.3. The zero-order valence-corrected chi connectivity index (χ0v) is 30.8. The Kier molecular flexibility index (Phi) is 36.9. The molecule has 0 aromatic carbocycles. The molecule has 0 fully saturated rings. The van der Waals surface area contributed by atoms with Crippen LogP contribution in [0.4, 0.5) is 0 Å². The fourth-order valence-electron chi connectivity index (χ4n) is 5.97. The van der Waals surface area contributed by atoms with Gasteiger partial charge in [-0.05, 0) is 44.9 Å². The van der Waals surface area contributed by atoms with Crippen molar-refractivity contribution in [1.82, 2.24) is 5.32 Å². The molecular formula is C42H79NO3. The molecule has 0 aliphatic heterocycles. The van der Waals surface area contributed by atoms with Gasteiger partial charge in [-0.25, -0.2) is 0 Å². The highest BCUT2D eigenvalue weighted by atomic mass is 16.3.